The molecule has 0 aliphatic carbocycles. The minimum absolute atomic E-state index is 0.190. The maximum Gasteiger partial charge on any atom is 0.350 e. The maximum absolute atomic E-state index is 13.9. The van der Waals surface area contributed by atoms with Gasteiger partial charge in [0.15, 0.2) is 5.13 Å². The van der Waals surface area contributed by atoms with Crippen LogP contribution in [0.25, 0.3) is 5.69 Å². The number of hydrogen-bond acceptors (Lipinski definition) is 7. The van der Waals surface area contributed by atoms with E-state index in [2.05, 4.69) is 15.0 Å². The number of ether oxygens (including phenoxy) is 1. The summed E-state index contributed by atoms with van der Waals surface area (Å²) in [5, 5.41) is 5.63. The summed E-state index contributed by atoms with van der Waals surface area (Å²) in [6, 6.07) is 10.4. The van der Waals surface area contributed by atoms with Crippen LogP contribution >= 0.6 is 11.3 Å². The molecule has 5 rings (SSSR count). The van der Waals surface area contributed by atoms with Gasteiger partial charge < -0.3 is 15.4 Å². The highest BCUT2D eigenvalue weighted by molar-refractivity contribution is 7.17. The Hall–Kier alpha value is -3.57. The average molecular weight is 485 g/mol. The SMILES string of the molecule is Cc1nc(N2CC(C)(N)C2)sc1Oc1ccc(-n2ncn(Cc3c(F)cccc3F)c2=O)cc1. The number of aryl methyl sites for hydroxylation is 1. The van der Waals surface area contributed by atoms with E-state index in [9.17, 15) is 13.6 Å². The van der Waals surface area contributed by atoms with Gasteiger partial charge in [-0.3, -0.25) is 4.57 Å². The first-order chi connectivity index (χ1) is 16.2. The largest absolute Gasteiger partial charge is 0.445 e. The minimum atomic E-state index is -0.714. The van der Waals surface area contributed by atoms with Gasteiger partial charge in [-0.05, 0) is 50.2 Å². The van der Waals surface area contributed by atoms with Crippen LogP contribution in [-0.4, -0.2) is 38.0 Å². The zero-order chi connectivity index (χ0) is 24.0. The van der Waals surface area contributed by atoms with Gasteiger partial charge in [0, 0.05) is 24.2 Å². The first-order valence-electron chi connectivity index (χ1n) is 10.6. The average Bonchev–Trinajstić information content (AvgIpc) is 3.32. The molecule has 1 fully saturated rings. The lowest BCUT2D eigenvalue weighted by molar-refractivity contribution is 0.365. The number of benzene rings is 2. The summed E-state index contributed by atoms with van der Waals surface area (Å²) in [6.07, 6.45) is 1.25. The second-order valence-electron chi connectivity index (χ2n) is 8.63. The lowest BCUT2D eigenvalue weighted by Crippen LogP contribution is -2.65. The summed E-state index contributed by atoms with van der Waals surface area (Å²) < 4.78 is 36.2. The maximum atomic E-state index is 13.9. The fourth-order valence-electron chi connectivity index (χ4n) is 3.80. The molecule has 0 atom stereocenters. The zero-order valence-electron chi connectivity index (χ0n) is 18.5. The van der Waals surface area contributed by atoms with Crippen molar-refractivity contribution in [2.45, 2.75) is 25.9 Å². The number of hydrogen-bond donors (Lipinski definition) is 1. The molecule has 0 spiro atoms. The molecule has 2 aromatic heterocycles. The number of anilines is 1. The summed E-state index contributed by atoms with van der Waals surface area (Å²) in [7, 11) is 0. The van der Waals surface area contributed by atoms with Gasteiger partial charge in [-0.15, -0.1) is 0 Å². The summed E-state index contributed by atoms with van der Waals surface area (Å²) in [5.41, 5.74) is 6.47. The third-order valence-electron chi connectivity index (χ3n) is 5.53. The Morgan fingerprint density at radius 1 is 1.15 bits per heavy atom. The van der Waals surface area contributed by atoms with Crippen LogP contribution in [0, 0.1) is 18.6 Å². The second kappa shape index (κ2) is 8.33. The highest BCUT2D eigenvalue weighted by Gasteiger charge is 2.36. The predicted molar refractivity (Wildman–Crippen MR) is 125 cm³/mol. The van der Waals surface area contributed by atoms with Crippen LogP contribution < -0.4 is 21.1 Å². The van der Waals surface area contributed by atoms with E-state index in [-0.39, 0.29) is 17.6 Å². The van der Waals surface area contributed by atoms with Crippen molar-refractivity contribution in [1.29, 1.82) is 0 Å². The molecule has 0 radical (unpaired) electrons. The van der Waals surface area contributed by atoms with Crippen LogP contribution in [-0.2, 0) is 6.54 Å². The summed E-state index contributed by atoms with van der Waals surface area (Å²) >= 11 is 1.45. The monoisotopic (exact) mass is 484 g/mol. The summed E-state index contributed by atoms with van der Waals surface area (Å²) in [6.45, 7) is 5.13. The minimum Gasteiger partial charge on any atom is -0.445 e. The lowest BCUT2D eigenvalue weighted by atomic mass is 9.95. The van der Waals surface area contributed by atoms with Crippen molar-refractivity contribution in [1.82, 2.24) is 19.3 Å². The Kier molecular flexibility index (Phi) is 5.45. The number of halogens is 2. The van der Waals surface area contributed by atoms with Crippen molar-refractivity contribution in [3.63, 3.8) is 0 Å². The second-order valence-corrected chi connectivity index (χ2v) is 9.57. The van der Waals surface area contributed by atoms with E-state index < -0.39 is 17.3 Å². The fraction of sp³-hybridized carbons (Fsp3) is 0.261. The van der Waals surface area contributed by atoms with Gasteiger partial charge in [-0.1, -0.05) is 17.4 Å². The summed E-state index contributed by atoms with van der Waals surface area (Å²) in [5.74, 6) is -0.849. The Morgan fingerprint density at radius 3 is 2.47 bits per heavy atom. The molecule has 2 aromatic carbocycles. The Labute approximate surface area is 197 Å². The van der Waals surface area contributed by atoms with Gasteiger partial charge in [0.1, 0.15) is 23.7 Å². The lowest BCUT2D eigenvalue weighted by Gasteiger charge is -2.45. The molecule has 11 heteroatoms. The smallest absolute Gasteiger partial charge is 0.350 e. The number of nitrogens with zero attached hydrogens (tertiary/aromatic N) is 5. The van der Waals surface area contributed by atoms with Crippen LogP contribution in [0.2, 0.25) is 0 Å². The fourth-order valence-corrected chi connectivity index (χ4v) is 4.73. The molecular weight excluding hydrogens is 462 g/mol. The van der Waals surface area contributed by atoms with Gasteiger partial charge in [0.25, 0.3) is 0 Å². The van der Waals surface area contributed by atoms with Gasteiger partial charge in [-0.25, -0.2) is 18.6 Å². The molecule has 1 aliphatic rings. The van der Waals surface area contributed by atoms with Crippen LogP contribution in [0.1, 0.15) is 18.2 Å². The van der Waals surface area contributed by atoms with Crippen molar-refractivity contribution >= 4 is 16.5 Å². The van der Waals surface area contributed by atoms with E-state index >= 15 is 0 Å². The van der Waals surface area contributed by atoms with Crippen molar-refractivity contribution in [2.75, 3.05) is 18.0 Å². The first kappa shape index (κ1) is 22.2. The van der Waals surface area contributed by atoms with Crippen LogP contribution in [0.15, 0.2) is 53.6 Å². The van der Waals surface area contributed by atoms with E-state index in [0.29, 0.717) is 16.5 Å². The van der Waals surface area contributed by atoms with Gasteiger partial charge >= 0.3 is 5.69 Å². The third kappa shape index (κ3) is 4.19. The molecule has 1 aliphatic heterocycles. The molecule has 8 nitrogen and oxygen atoms in total. The summed E-state index contributed by atoms with van der Waals surface area (Å²) in [4.78, 5) is 19.4. The van der Waals surface area contributed by atoms with Crippen molar-refractivity contribution in [3.8, 4) is 16.5 Å². The Balaban J connectivity index is 1.31. The first-order valence-corrected chi connectivity index (χ1v) is 11.4. The molecule has 3 heterocycles. The van der Waals surface area contributed by atoms with E-state index in [1.165, 1.54) is 23.7 Å². The molecule has 0 saturated carbocycles. The van der Waals surface area contributed by atoms with E-state index in [1.807, 2.05) is 13.8 Å². The Morgan fingerprint density at radius 2 is 1.82 bits per heavy atom. The van der Waals surface area contributed by atoms with Crippen LogP contribution in [0.3, 0.4) is 0 Å². The standard InChI is InChI=1S/C23H22F2N6O2S/c1-14-20(34-21(28-14)30-11-23(2,26)12-30)33-16-8-6-15(7-9-16)31-22(32)29(13-27-31)10-17-18(24)4-3-5-19(17)25/h3-9,13H,10-12,26H2,1-2H3. The number of aromatic nitrogens is 4. The highest BCUT2D eigenvalue weighted by Crippen LogP contribution is 2.38. The Bertz CT molecular complexity index is 1380. The molecule has 4 aromatic rings. The molecule has 2 N–H and O–H groups in total. The van der Waals surface area contributed by atoms with Crippen molar-refractivity contribution in [3.05, 3.63) is 82.2 Å². The quantitative estimate of drug-likeness (QED) is 0.451. The molecule has 176 valence electrons. The topological polar surface area (TPSA) is 91.2 Å². The zero-order valence-corrected chi connectivity index (χ0v) is 19.4. The van der Waals surface area contributed by atoms with Crippen LogP contribution in [0.5, 0.6) is 10.8 Å². The normalized spacial score (nSPS) is 14.8. The molecule has 0 amide bonds. The molecular formula is C23H22F2N6O2S. The van der Waals surface area contributed by atoms with Crippen LogP contribution in [0.4, 0.5) is 13.9 Å². The van der Waals surface area contributed by atoms with Crippen molar-refractivity contribution < 1.29 is 13.5 Å². The highest BCUT2D eigenvalue weighted by atomic mass is 32.1. The molecule has 0 bridgehead atoms. The third-order valence-corrected chi connectivity index (χ3v) is 6.63. The molecule has 0 unspecified atom stereocenters. The number of thiazole rings is 1. The van der Waals surface area contributed by atoms with E-state index in [4.69, 9.17) is 10.5 Å². The van der Waals surface area contributed by atoms with Crippen molar-refractivity contribution in [2.24, 2.45) is 5.73 Å². The van der Waals surface area contributed by atoms with Gasteiger partial charge in [0.2, 0.25) is 5.06 Å². The van der Waals surface area contributed by atoms with E-state index in [0.717, 1.165) is 45.3 Å². The van der Waals surface area contributed by atoms with Gasteiger partial charge in [0.05, 0.1) is 17.9 Å². The number of nitrogens with two attached hydrogens (primary N) is 1. The van der Waals surface area contributed by atoms with Gasteiger partial charge in [-0.2, -0.15) is 9.78 Å². The predicted octanol–water partition coefficient (Wildman–Crippen LogP) is 3.46. The molecule has 34 heavy (non-hydrogen) atoms. The number of rotatable bonds is 6. The van der Waals surface area contributed by atoms with E-state index in [1.54, 1.807) is 24.3 Å². The molecule has 1 saturated heterocycles.